The van der Waals surface area contributed by atoms with E-state index < -0.39 is 0 Å². The molecule has 0 bridgehead atoms. The zero-order valence-electron chi connectivity index (χ0n) is 14.1. The molecule has 0 radical (unpaired) electrons. The molecule has 0 aliphatic rings. The number of aromatic amines is 1. The molecule has 0 saturated carbocycles. The Morgan fingerprint density at radius 2 is 2.08 bits per heavy atom. The number of carbonyl (C=O) groups is 1. The summed E-state index contributed by atoms with van der Waals surface area (Å²) in [6.45, 7) is 7.86. The molecule has 4 nitrogen and oxygen atoms in total. The number of pyridine rings is 1. The predicted octanol–water partition coefficient (Wildman–Crippen LogP) is 5.42. The number of halogens is 1. The highest BCUT2D eigenvalue weighted by Gasteiger charge is 2.20. The number of carbonyl (C=O) groups excluding carboxylic acids is 1. The van der Waals surface area contributed by atoms with Gasteiger partial charge in [0.15, 0.2) is 5.78 Å². The molecule has 0 atom stereocenters. The van der Waals surface area contributed by atoms with Gasteiger partial charge in [0, 0.05) is 39.6 Å². The quantitative estimate of drug-likeness (QED) is 0.451. The summed E-state index contributed by atoms with van der Waals surface area (Å²) in [5.41, 5.74) is 3.77. The first-order valence-electron chi connectivity index (χ1n) is 7.74. The van der Waals surface area contributed by atoms with Crippen molar-refractivity contribution in [1.29, 1.82) is 0 Å². The third kappa shape index (κ3) is 3.35. The lowest BCUT2D eigenvalue weighted by Gasteiger charge is -1.99. The molecule has 1 N–H and O–H groups in total. The van der Waals surface area contributed by atoms with Crippen molar-refractivity contribution >= 4 is 51.6 Å². The van der Waals surface area contributed by atoms with E-state index in [0.29, 0.717) is 16.8 Å². The average molecular weight is 406 g/mol. The van der Waals surface area contributed by atoms with Gasteiger partial charge in [-0.15, -0.1) is 0 Å². The second-order valence-electron chi connectivity index (χ2n) is 4.98. The van der Waals surface area contributed by atoms with Crippen molar-refractivity contribution in [2.45, 2.75) is 27.7 Å². The molecule has 3 aromatic rings. The van der Waals surface area contributed by atoms with Gasteiger partial charge in [-0.2, -0.15) is 0 Å². The van der Waals surface area contributed by atoms with E-state index in [-0.39, 0.29) is 5.78 Å². The second-order valence-corrected chi connectivity index (χ2v) is 6.33. The molecule has 0 amide bonds. The number of H-pyrrole nitrogens is 1. The first kappa shape index (κ1) is 18.5. The van der Waals surface area contributed by atoms with E-state index in [0.717, 1.165) is 21.1 Å². The number of hydrogen-bond acceptors (Lipinski definition) is 3. The van der Waals surface area contributed by atoms with Gasteiger partial charge in [-0.25, -0.2) is 4.98 Å². The molecule has 0 saturated heterocycles. The zero-order chi connectivity index (χ0) is 17.9. The van der Waals surface area contributed by atoms with Crippen molar-refractivity contribution in [2.75, 3.05) is 0 Å². The number of rotatable bonds is 3. The van der Waals surface area contributed by atoms with E-state index in [1.807, 2.05) is 45.9 Å². The van der Waals surface area contributed by atoms with Crippen molar-refractivity contribution in [2.24, 2.45) is 0 Å². The minimum atomic E-state index is -0.0396. The summed E-state index contributed by atoms with van der Waals surface area (Å²) in [5.74, 6) is -0.0396. The third-order valence-corrected chi connectivity index (χ3v) is 4.36. The Morgan fingerprint density at radius 3 is 2.75 bits per heavy atom. The molecular formula is C18H20BrN3OS. The molecule has 126 valence electrons. The summed E-state index contributed by atoms with van der Waals surface area (Å²) >= 11 is 7.78. The molecule has 6 heteroatoms. The van der Waals surface area contributed by atoms with Crippen molar-refractivity contribution in [3.05, 3.63) is 57.6 Å². The standard InChI is InChI=1S/C16H14BrN3OS.C2H6/c1-3-4-14-9(2)13(8-20(14)22)15(21)12-7-19-16-11(12)5-10(17)6-18-16;1-2/h3-8,22H,1-2H3,(H,18,19);1-2H3/b4-3-;. The summed E-state index contributed by atoms with van der Waals surface area (Å²) in [5, 5.41) is 0.804. The molecule has 0 spiro atoms. The van der Waals surface area contributed by atoms with Gasteiger partial charge < -0.3 is 4.98 Å². The van der Waals surface area contributed by atoms with Gasteiger partial charge in [0.05, 0.1) is 5.69 Å². The minimum Gasteiger partial charge on any atom is -0.345 e. The largest absolute Gasteiger partial charge is 0.345 e. The van der Waals surface area contributed by atoms with Gasteiger partial charge in [-0.3, -0.25) is 8.77 Å². The van der Waals surface area contributed by atoms with Gasteiger partial charge in [0.2, 0.25) is 0 Å². The van der Waals surface area contributed by atoms with Gasteiger partial charge in [0.25, 0.3) is 0 Å². The highest BCUT2D eigenvalue weighted by molar-refractivity contribution is 9.10. The number of hydrogen-bond donors (Lipinski definition) is 2. The Kier molecular flexibility index (Phi) is 6.07. The van der Waals surface area contributed by atoms with Crippen molar-refractivity contribution < 1.29 is 4.79 Å². The fourth-order valence-electron chi connectivity index (χ4n) is 2.50. The maximum absolute atomic E-state index is 12.9. The summed E-state index contributed by atoms with van der Waals surface area (Å²) < 4.78 is 2.51. The monoisotopic (exact) mass is 405 g/mol. The molecule has 0 aromatic carbocycles. The first-order valence-corrected chi connectivity index (χ1v) is 8.93. The molecule has 0 unspecified atom stereocenters. The summed E-state index contributed by atoms with van der Waals surface area (Å²) in [4.78, 5) is 20.2. The van der Waals surface area contributed by atoms with Crippen LogP contribution in [0.25, 0.3) is 17.1 Å². The van der Waals surface area contributed by atoms with Crippen LogP contribution in [0.2, 0.25) is 0 Å². The van der Waals surface area contributed by atoms with Crippen molar-refractivity contribution in [1.82, 2.24) is 13.9 Å². The van der Waals surface area contributed by atoms with Crippen molar-refractivity contribution in [3.63, 3.8) is 0 Å². The molecule has 0 aliphatic carbocycles. The Bertz CT molecular complexity index is 909. The Balaban J connectivity index is 0.00000100. The number of nitrogens with one attached hydrogen (secondary N) is 1. The van der Waals surface area contributed by atoms with Gasteiger partial charge >= 0.3 is 0 Å². The molecule has 3 rings (SSSR count). The maximum Gasteiger partial charge on any atom is 0.197 e. The van der Waals surface area contributed by atoms with E-state index >= 15 is 0 Å². The minimum absolute atomic E-state index is 0.0396. The lowest BCUT2D eigenvalue weighted by Crippen LogP contribution is -2.01. The molecule has 3 heterocycles. The Morgan fingerprint density at radius 1 is 1.38 bits per heavy atom. The van der Waals surface area contributed by atoms with Crippen molar-refractivity contribution in [3.8, 4) is 0 Å². The Labute approximate surface area is 155 Å². The van der Waals surface area contributed by atoms with Crippen LogP contribution in [0.1, 0.15) is 48.0 Å². The Hall–Kier alpha value is -1.79. The summed E-state index contributed by atoms with van der Waals surface area (Å²) in [7, 11) is 0. The SMILES string of the molecule is C/C=C\c1c(C)c(C(=O)c2c[nH]c3ncc(Br)cc23)cn1S.CC. The van der Waals surface area contributed by atoms with Crippen LogP contribution >= 0.6 is 28.7 Å². The number of fused-ring (bicyclic) bond motifs is 1. The molecule has 0 aliphatic heterocycles. The molecule has 24 heavy (non-hydrogen) atoms. The number of allylic oxidation sites excluding steroid dienone is 1. The van der Waals surface area contributed by atoms with E-state index in [1.165, 1.54) is 0 Å². The highest BCUT2D eigenvalue weighted by atomic mass is 79.9. The van der Waals surface area contributed by atoms with Gasteiger partial charge in [-0.1, -0.05) is 32.7 Å². The molecular weight excluding hydrogens is 386 g/mol. The fraction of sp³-hybridized carbons (Fsp3) is 0.222. The van der Waals surface area contributed by atoms with Crippen LogP contribution in [0.5, 0.6) is 0 Å². The predicted molar refractivity (Wildman–Crippen MR) is 107 cm³/mol. The number of nitrogens with zero attached hydrogens (tertiary/aromatic N) is 2. The molecule has 3 aromatic heterocycles. The summed E-state index contributed by atoms with van der Waals surface area (Å²) in [6, 6.07) is 1.89. The average Bonchev–Trinajstić information content (AvgIpc) is 3.12. The van der Waals surface area contributed by atoms with E-state index in [1.54, 1.807) is 22.6 Å². The van der Waals surface area contributed by atoms with Crippen LogP contribution in [0.4, 0.5) is 0 Å². The van der Waals surface area contributed by atoms with E-state index in [9.17, 15) is 4.79 Å². The lowest BCUT2D eigenvalue weighted by atomic mass is 10.0. The van der Waals surface area contributed by atoms with Gasteiger partial charge in [0.1, 0.15) is 5.65 Å². The van der Waals surface area contributed by atoms with Crippen LogP contribution < -0.4 is 0 Å². The van der Waals surface area contributed by atoms with E-state index in [4.69, 9.17) is 0 Å². The first-order chi connectivity index (χ1) is 11.5. The maximum atomic E-state index is 12.9. The second kappa shape index (κ2) is 7.85. The van der Waals surface area contributed by atoms with E-state index in [2.05, 4.69) is 38.7 Å². The van der Waals surface area contributed by atoms with Crippen LogP contribution in [0, 0.1) is 6.92 Å². The van der Waals surface area contributed by atoms with Crippen LogP contribution in [-0.2, 0) is 0 Å². The normalized spacial score (nSPS) is 10.9. The third-order valence-electron chi connectivity index (χ3n) is 3.60. The van der Waals surface area contributed by atoms with Crippen LogP contribution in [0.15, 0.2) is 35.2 Å². The fourth-order valence-corrected chi connectivity index (χ4v) is 3.16. The smallest absolute Gasteiger partial charge is 0.197 e. The highest BCUT2D eigenvalue weighted by Crippen LogP contribution is 2.26. The zero-order valence-corrected chi connectivity index (χ0v) is 16.6. The van der Waals surface area contributed by atoms with Crippen LogP contribution in [-0.4, -0.2) is 19.7 Å². The number of aromatic nitrogens is 3. The molecule has 0 fully saturated rings. The lowest BCUT2D eigenvalue weighted by molar-refractivity contribution is 0.104. The van der Waals surface area contributed by atoms with Gasteiger partial charge in [-0.05, 0) is 47.5 Å². The number of ketones is 1. The van der Waals surface area contributed by atoms with Crippen LogP contribution in [0.3, 0.4) is 0 Å². The summed E-state index contributed by atoms with van der Waals surface area (Å²) in [6.07, 6.45) is 9.02. The number of thiol groups is 1. The topological polar surface area (TPSA) is 50.7 Å².